The Kier molecular flexibility index (Phi) is 3.49. The lowest BCUT2D eigenvalue weighted by atomic mass is 10.1. The molecule has 1 saturated heterocycles. The van der Waals surface area contributed by atoms with Crippen LogP contribution < -0.4 is 0 Å². The lowest BCUT2D eigenvalue weighted by Gasteiger charge is -2.19. The fourth-order valence-electron chi connectivity index (χ4n) is 1.07. The van der Waals surface area contributed by atoms with E-state index in [9.17, 15) is 0 Å². The first-order chi connectivity index (χ1) is 4.43. The molecule has 1 heterocycles. The van der Waals surface area contributed by atoms with Gasteiger partial charge in [-0.2, -0.15) is 11.8 Å². The first-order valence-electron chi connectivity index (χ1n) is 3.78. The van der Waals surface area contributed by atoms with E-state index in [-0.39, 0.29) is 0 Å². The molecule has 0 bridgehead atoms. The molecule has 52 valence electrons. The average Bonchev–Trinajstić information content (AvgIpc) is 1.91. The van der Waals surface area contributed by atoms with E-state index >= 15 is 0 Å². The molecule has 1 aliphatic heterocycles. The van der Waals surface area contributed by atoms with Crippen LogP contribution in [-0.2, 0) is 0 Å². The molecular weight excluding hydrogens is 128 g/mol. The summed E-state index contributed by atoms with van der Waals surface area (Å²) in [7, 11) is 0. The molecule has 1 atom stereocenters. The summed E-state index contributed by atoms with van der Waals surface area (Å²) in [5.41, 5.74) is 0. The molecule has 9 heavy (non-hydrogen) atoms. The van der Waals surface area contributed by atoms with E-state index in [2.05, 4.69) is 25.1 Å². The second-order valence-electron chi connectivity index (χ2n) is 2.46. The maximum absolute atomic E-state index is 3.48. The second kappa shape index (κ2) is 4.21. The van der Waals surface area contributed by atoms with Gasteiger partial charge >= 0.3 is 0 Å². The summed E-state index contributed by atoms with van der Waals surface area (Å²) in [5.74, 6) is 1.36. The van der Waals surface area contributed by atoms with Crippen LogP contribution in [0.4, 0.5) is 0 Å². The van der Waals surface area contributed by atoms with E-state index in [4.69, 9.17) is 0 Å². The van der Waals surface area contributed by atoms with Gasteiger partial charge < -0.3 is 0 Å². The van der Waals surface area contributed by atoms with Gasteiger partial charge in [0.1, 0.15) is 0 Å². The molecule has 0 N–H and O–H groups in total. The minimum Gasteiger partial charge on any atom is -0.158 e. The molecule has 0 nitrogen and oxygen atoms in total. The van der Waals surface area contributed by atoms with Crippen LogP contribution in [0.1, 0.15) is 32.6 Å². The lowest BCUT2D eigenvalue weighted by molar-refractivity contribution is 0.733. The van der Waals surface area contributed by atoms with Crippen molar-refractivity contribution in [2.45, 2.75) is 37.9 Å². The van der Waals surface area contributed by atoms with Gasteiger partial charge in [0.15, 0.2) is 0 Å². The van der Waals surface area contributed by atoms with Crippen molar-refractivity contribution < 1.29 is 0 Å². The van der Waals surface area contributed by atoms with Crippen molar-refractivity contribution in [3.8, 4) is 0 Å². The standard InChI is InChI=1S/C8H14S/c1-2-5-8-6-3-4-7-9-8/h8H,2-5,7H2,1H3. The third-order valence-electron chi connectivity index (χ3n) is 1.56. The van der Waals surface area contributed by atoms with Gasteiger partial charge in [-0.3, -0.25) is 0 Å². The highest BCUT2D eigenvalue weighted by Gasteiger charge is 2.12. The smallest absolute Gasteiger partial charge is 0.0115 e. The zero-order valence-electron chi connectivity index (χ0n) is 6.02. The third kappa shape index (κ3) is 2.61. The number of hydrogen-bond donors (Lipinski definition) is 0. The molecule has 0 aromatic carbocycles. The Morgan fingerprint density at radius 1 is 1.67 bits per heavy atom. The van der Waals surface area contributed by atoms with Gasteiger partial charge in [0.25, 0.3) is 0 Å². The Balaban J connectivity index is 2.08. The summed E-state index contributed by atoms with van der Waals surface area (Å²) in [4.78, 5) is 0. The third-order valence-corrected chi connectivity index (χ3v) is 2.89. The summed E-state index contributed by atoms with van der Waals surface area (Å²) in [6.45, 7) is 2.25. The first-order valence-corrected chi connectivity index (χ1v) is 4.83. The maximum atomic E-state index is 3.48. The molecule has 0 amide bonds. The van der Waals surface area contributed by atoms with Gasteiger partial charge in [-0.1, -0.05) is 13.3 Å². The quantitative estimate of drug-likeness (QED) is 0.571. The van der Waals surface area contributed by atoms with Gasteiger partial charge in [-0.15, -0.1) is 0 Å². The zero-order chi connectivity index (χ0) is 6.53. The molecule has 0 aromatic rings. The van der Waals surface area contributed by atoms with Crippen molar-refractivity contribution in [2.24, 2.45) is 0 Å². The van der Waals surface area contributed by atoms with E-state index < -0.39 is 0 Å². The van der Waals surface area contributed by atoms with Gasteiger partial charge in [0, 0.05) is 5.25 Å². The van der Waals surface area contributed by atoms with Crippen LogP contribution in [0.2, 0.25) is 0 Å². The minimum absolute atomic E-state index is 0.767. The van der Waals surface area contributed by atoms with E-state index in [0.717, 1.165) is 5.25 Å². The SMILES string of the molecule is CCCC1[C]CCCS1. The zero-order valence-corrected chi connectivity index (χ0v) is 6.84. The van der Waals surface area contributed by atoms with Gasteiger partial charge in [0.2, 0.25) is 0 Å². The van der Waals surface area contributed by atoms with E-state index in [1.54, 1.807) is 0 Å². The number of hydrogen-bond acceptors (Lipinski definition) is 1. The fraction of sp³-hybridized carbons (Fsp3) is 0.875. The summed E-state index contributed by atoms with van der Waals surface area (Å²) < 4.78 is 0. The molecule has 0 aliphatic carbocycles. The molecular formula is C8H14S. The van der Waals surface area contributed by atoms with Crippen LogP contribution in [0.5, 0.6) is 0 Å². The monoisotopic (exact) mass is 142 g/mol. The molecule has 2 radical (unpaired) electrons. The Labute approximate surface area is 62.4 Å². The normalized spacial score (nSPS) is 28.3. The molecule has 1 fully saturated rings. The van der Waals surface area contributed by atoms with Crippen molar-refractivity contribution in [3.05, 3.63) is 6.42 Å². The van der Waals surface area contributed by atoms with Gasteiger partial charge in [-0.25, -0.2) is 0 Å². The Bertz CT molecular complexity index is 62.2. The first kappa shape index (κ1) is 7.46. The molecule has 1 rings (SSSR count). The molecule has 0 aromatic heterocycles. The molecule has 1 unspecified atom stereocenters. The highest BCUT2D eigenvalue weighted by atomic mass is 32.2. The number of rotatable bonds is 2. The van der Waals surface area contributed by atoms with Gasteiger partial charge in [-0.05, 0) is 31.4 Å². The summed E-state index contributed by atoms with van der Waals surface area (Å²) >= 11 is 2.08. The molecule has 0 spiro atoms. The fourth-order valence-corrected chi connectivity index (χ4v) is 2.30. The Morgan fingerprint density at radius 3 is 3.11 bits per heavy atom. The van der Waals surface area contributed by atoms with Crippen LogP contribution in [0.3, 0.4) is 0 Å². The van der Waals surface area contributed by atoms with Crippen molar-refractivity contribution in [3.63, 3.8) is 0 Å². The van der Waals surface area contributed by atoms with Crippen LogP contribution in [-0.4, -0.2) is 11.0 Å². The number of thioether (sulfide) groups is 1. The van der Waals surface area contributed by atoms with Crippen molar-refractivity contribution >= 4 is 11.8 Å². The topological polar surface area (TPSA) is 0 Å². The predicted octanol–water partition coefficient (Wildman–Crippen LogP) is 2.76. The van der Waals surface area contributed by atoms with Crippen LogP contribution >= 0.6 is 11.8 Å². The van der Waals surface area contributed by atoms with Crippen molar-refractivity contribution in [1.82, 2.24) is 0 Å². The molecule has 0 saturated carbocycles. The van der Waals surface area contributed by atoms with E-state index in [1.165, 1.54) is 31.4 Å². The molecule has 1 heteroatoms. The lowest BCUT2D eigenvalue weighted by Crippen LogP contribution is -2.09. The Hall–Kier alpha value is 0.350. The minimum atomic E-state index is 0.767. The maximum Gasteiger partial charge on any atom is 0.0115 e. The van der Waals surface area contributed by atoms with Crippen LogP contribution in [0.15, 0.2) is 0 Å². The van der Waals surface area contributed by atoms with Crippen molar-refractivity contribution in [2.75, 3.05) is 5.75 Å². The average molecular weight is 142 g/mol. The van der Waals surface area contributed by atoms with E-state index in [0.29, 0.717) is 0 Å². The second-order valence-corrected chi connectivity index (χ2v) is 3.77. The van der Waals surface area contributed by atoms with Gasteiger partial charge in [0.05, 0.1) is 0 Å². The highest BCUT2D eigenvalue weighted by molar-refractivity contribution is 8.00. The van der Waals surface area contributed by atoms with Crippen molar-refractivity contribution in [1.29, 1.82) is 0 Å². The molecule has 1 aliphatic rings. The summed E-state index contributed by atoms with van der Waals surface area (Å²) in [6, 6.07) is 0. The highest BCUT2D eigenvalue weighted by Crippen LogP contribution is 2.27. The van der Waals surface area contributed by atoms with Crippen LogP contribution in [0, 0.1) is 6.42 Å². The van der Waals surface area contributed by atoms with E-state index in [1.807, 2.05) is 0 Å². The largest absolute Gasteiger partial charge is 0.158 e. The summed E-state index contributed by atoms with van der Waals surface area (Å²) in [6.07, 6.45) is 8.72. The summed E-state index contributed by atoms with van der Waals surface area (Å²) in [5, 5.41) is 0.767. The van der Waals surface area contributed by atoms with Crippen LogP contribution in [0.25, 0.3) is 0 Å². The Morgan fingerprint density at radius 2 is 2.56 bits per heavy atom. The predicted molar refractivity (Wildman–Crippen MR) is 43.6 cm³/mol.